The molecule has 0 fully saturated rings. The molecule has 0 bridgehead atoms. The van der Waals surface area contributed by atoms with Crippen LogP contribution < -0.4 is 0 Å². The van der Waals surface area contributed by atoms with Crippen LogP contribution in [0.4, 0.5) is 5.69 Å². The van der Waals surface area contributed by atoms with Crippen LogP contribution in [-0.4, -0.2) is 13.3 Å². The lowest BCUT2D eigenvalue weighted by Gasteiger charge is -2.25. The van der Waals surface area contributed by atoms with Crippen molar-refractivity contribution in [2.45, 2.75) is 31.3 Å². The maximum absolute atomic E-state index is 12.4. The van der Waals surface area contributed by atoms with Crippen molar-refractivity contribution in [1.29, 1.82) is 0 Å². The van der Waals surface area contributed by atoms with E-state index in [0.29, 0.717) is 5.56 Å². The van der Waals surface area contributed by atoms with Crippen LogP contribution >= 0.6 is 0 Å². The summed E-state index contributed by atoms with van der Waals surface area (Å²) >= 11 is 0. The number of non-ortho nitro benzene ring substituents is 1. The largest absolute Gasteiger partial charge is 0.297 e. The van der Waals surface area contributed by atoms with E-state index in [9.17, 15) is 18.5 Å². The third-order valence-corrected chi connectivity index (χ3v) is 4.89. The van der Waals surface area contributed by atoms with Gasteiger partial charge >= 0.3 is 0 Å². The van der Waals surface area contributed by atoms with Gasteiger partial charge in [0, 0.05) is 12.1 Å². The molecule has 122 valence electrons. The summed E-state index contributed by atoms with van der Waals surface area (Å²) in [7, 11) is -3.94. The standard InChI is InChI=1S/C16H17NO5S/c1-12-4-10-15(11-5-12)23(20,21)22-16(2,3)13-6-8-14(9-7-13)17(18)19/h4-11H,1-3H3. The van der Waals surface area contributed by atoms with Crippen molar-refractivity contribution in [3.8, 4) is 0 Å². The lowest BCUT2D eigenvalue weighted by atomic mass is 9.98. The number of benzene rings is 2. The van der Waals surface area contributed by atoms with Crippen molar-refractivity contribution >= 4 is 15.8 Å². The quantitative estimate of drug-likeness (QED) is 0.474. The molecule has 0 N–H and O–H groups in total. The Labute approximate surface area is 135 Å². The predicted octanol–water partition coefficient (Wildman–Crippen LogP) is 3.54. The molecule has 0 unspecified atom stereocenters. The van der Waals surface area contributed by atoms with Gasteiger partial charge in [-0.1, -0.05) is 17.7 Å². The van der Waals surface area contributed by atoms with E-state index in [4.69, 9.17) is 4.18 Å². The molecule has 23 heavy (non-hydrogen) atoms. The molecule has 0 atom stereocenters. The first-order valence-electron chi connectivity index (χ1n) is 6.89. The minimum atomic E-state index is -3.94. The van der Waals surface area contributed by atoms with Crippen LogP contribution in [0.5, 0.6) is 0 Å². The zero-order valence-electron chi connectivity index (χ0n) is 13.0. The highest BCUT2D eigenvalue weighted by Crippen LogP contribution is 2.30. The molecular weight excluding hydrogens is 318 g/mol. The first kappa shape index (κ1) is 17.1. The van der Waals surface area contributed by atoms with Gasteiger partial charge in [0.05, 0.1) is 9.82 Å². The zero-order chi connectivity index (χ0) is 17.3. The molecule has 0 saturated heterocycles. The molecule has 2 aromatic rings. The normalized spacial score (nSPS) is 12.1. The van der Waals surface area contributed by atoms with Gasteiger partial charge in [0.25, 0.3) is 15.8 Å². The second-order valence-electron chi connectivity index (χ2n) is 5.66. The molecule has 0 aromatic heterocycles. The average molecular weight is 335 g/mol. The molecule has 2 aromatic carbocycles. The maximum atomic E-state index is 12.4. The van der Waals surface area contributed by atoms with Gasteiger partial charge in [-0.3, -0.25) is 14.3 Å². The summed E-state index contributed by atoms with van der Waals surface area (Å²) in [5.74, 6) is 0. The summed E-state index contributed by atoms with van der Waals surface area (Å²) < 4.78 is 30.1. The van der Waals surface area contributed by atoms with Crippen LogP contribution in [0.25, 0.3) is 0 Å². The average Bonchev–Trinajstić information content (AvgIpc) is 2.46. The fourth-order valence-electron chi connectivity index (χ4n) is 2.06. The van der Waals surface area contributed by atoms with E-state index < -0.39 is 20.6 Å². The van der Waals surface area contributed by atoms with Crippen molar-refractivity contribution in [1.82, 2.24) is 0 Å². The van der Waals surface area contributed by atoms with E-state index in [2.05, 4.69) is 0 Å². The lowest BCUT2D eigenvalue weighted by molar-refractivity contribution is -0.384. The summed E-state index contributed by atoms with van der Waals surface area (Å²) in [4.78, 5) is 10.2. The van der Waals surface area contributed by atoms with Crippen LogP contribution in [0.3, 0.4) is 0 Å². The van der Waals surface area contributed by atoms with Crippen molar-refractivity contribution < 1.29 is 17.5 Å². The van der Waals surface area contributed by atoms with Gasteiger partial charge in [0.15, 0.2) is 0 Å². The van der Waals surface area contributed by atoms with E-state index in [1.54, 1.807) is 26.0 Å². The Balaban J connectivity index is 2.29. The Morgan fingerprint density at radius 3 is 2.00 bits per heavy atom. The second-order valence-corrected chi connectivity index (χ2v) is 7.21. The smallest absolute Gasteiger partial charge is 0.258 e. The van der Waals surface area contributed by atoms with E-state index in [1.165, 1.54) is 36.4 Å². The van der Waals surface area contributed by atoms with E-state index in [0.717, 1.165) is 5.56 Å². The van der Waals surface area contributed by atoms with Crippen molar-refractivity contribution in [2.75, 3.05) is 0 Å². The molecular formula is C16H17NO5S. The van der Waals surface area contributed by atoms with Crippen LogP contribution in [0.1, 0.15) is 25.0 Å². The van der Waals surface area contributed by atoms with Gasteiger partial charge < -0.3 is 0 Å². The lowest BCUT2D eigenvalue weighted by Crippen LogP contribution is -2.25. The number of hydrogen-bond donors (Lipinski definition) is 0. The molecule has 0 amide bonds. The monoisotopic (exact) mass is 335 g/mol. The zero-order valence-corrected chi connectivity index (χ0v) is 13.8. The van der Waals surface area contributed by atoms with Crippen molar-refractivity contribution in [3.63, 3.8) is 0 Å². The van der Waals surface area contributed by atoms with Gasteiger partial charge in [0.2, 0.25) is 0 Å². The summed E-state index contributed by atoms with van der Waals surface area (Å²) in [5, 5.41) is 10.7. The van der Waals surface area contributed by atoms with Gasteiger partial charge in [-0.25, -0.2) is 0 Å². The Hall–Kier alpha value is -2.25. The highest BCUT2D eigenvalue weighted by molar-refractivity contribution is 7.86. The van der Waals surface area contributed by atoms with Gasteiger partial charge in [-0.2, -0.15) is 8.42 Å². The fourth-order valence-corrected chi connectivity index (χ4v) is 3.27. The third-order valence-electron chi connectivity index (χ3n) is 3.40. The molecule has 0 heterocycles. The highest BCUT2D eigenvalue weighted by atomic mass is 32.2. The summed E-state index contributed by atoms with van der Waals surface area (Å²) in [6, 6.07) is 12.0. The number of hydrogen-bond acceptors (Lipinski definition) is 5. The molecule has 0 aliphatic rings. The predicted molar refractivity (Wildman–Crippen MR) is 85.6 cm³/mol. The third kappa shape index (κ3) is 3.94. The van der Waals surface area contributed by atoms with Gasteiger partial charge in [-0.15, -0.1) is 0 Å². The van der Waals surface area contributed by atoms with E-state index in [1.807, 2.05) is 6.92 Å². The summed E-state index contributed by atoms with van der Waals surface area (Å²) in [6.45, 7) is 5.05. The number of aryl methyl sites for hydroxylation is 1. The molecule has 7 heteroatoms. The first-order valence-corrected chi connectivity index (χ1v) is 8.30. The Morgan fingerprint density at radius 2 is 1.52 bits per heavy atom. The van der Waals surface area contributed by atoms with E-state index >= 15 is 0 Å². The van der Waals surface area contributed by atoms with Crippen LogP contribution in [-0.2, 0) is 19.9 Å². The van der Waals surface area contributed by atoms with Crippen molar-refractivity contribution in [3.05, 3.63) is 69.8 Å². The minimum Gasteiger partial charge on any atom is -0.258 e. The second kappa shape index (κ2) is 6.10. The molecule has 0 aliphatic heterocycles. The molecule has 0 saturated carbocycles. The number of nitro benzene ring substituents is 1. The van der Waals surface area contributed by atoms with Gasteiger partial charge in [0.1, 0.15) is 5.60 Å². The number of rotatable bonds is 5. The van der Waals surface area contributed by atoms with Crippen molar-refractivity contribution in [2.24, 2.45) is 0 Å². The molecule has 0 aliphatic carbocycles. The van der Waals surface area contributed by atoms with Crippen LogP contribution in [0, 0.1) is 17.0 Å². The van der Waals surface area contributed by atoms with E-state index in [-0.39, 0.29) is 10.6 Å². The maximum Gasteiger partial charge on any atom is 0.297 e. The highest BCUT2D eigenvalue weighted by Gasteiger charge is 2.30. The van der Waals surface area contributed by atoms with Crippen LogP contribution in [0.2, 0.25) is 0 Å². The molecule has 6 nitrogen and oxygen atoms in total. The molecule has 0 spiro atoms. The minimum absolute atomic E-state index is 0.0639. The Morgan fingerprint density at radius 1 is 1.00 bits per heavy atom. The topological polar surface area (TPSA) is 86.5 Å². The molecule has 0 radical (unpaired) electrons. The summed E-state index contributed by atoms with van der Waals surface area (Å²) in [6.07, 6.45) is 0. The molecule has 2 rings (SSSR count). The Kier molecular flexibility index (Phi) is 4.53. The van der Waals surface area contributed by atoms with Crippen LogP contribution in [0.15, 0.2) is 53.4 Å². The SMILES string of the molecule is Cc1ccc(S(=O)(=O)OC(C)(C)c2ccc([N+](=O)[O-])cc2)cc1. The first-order chi connectivity index (χ1) is 10.6. The Bertz CT molecular complexity index is 809. The van der Waals surface area contributed by atoms with Gasteiger partial charge in [-0.05, 0) is 50.6 Å². The summed E-state index contributed by atoms with van der Waals surface area (Å²) in [5.41, 5.74) is 0.252. The number of nitro groups is 1. The number of nitrogens with zero attached hydrogens (tertiary/aromatic N) is 1. The fraction of sp³-hybridized carbons (Fsp3) is 0.250.